The van der Waals surface area contributed by atoms with Crippen LogP contribution in [0.4, 0.5) is 4.39 Å². The molecule has 1 heterocycles. The minimum atomic E-state index is -0.264. The second-order valence-corrected chi connectivity index (χ2v) is 6.22. The molecule has 1 aliphatic heterocycles. The topological polar surface area (TPSA) is 15.7 Å². The van der Waals surface area contributed by atoms with Crippen LogP contribution in [0.5, 0.6) is 5.75 Å². The number of piperazine rings is 1. The predicted octanol–water partition coefficient (Wildman–Crippen LogP) is 2.89. The molecule has 3 rings (SSSR count). The van der Waals surface area contributed by atoms with E-state index >= 15 is 0 Å². The molecule has 0 N–H and O–H groups in total. The lowest BCUT2D eigenvalue weighted by Gasteiger charge is -2.38. The van der Waals surface area contributed by atoms with Crippen molar-refractivity contribution in [3.05, 3.63) is 29.6 Å². The summed E-state index contributed by atoms with van der Waals surface area (Å²) >= 11 is 0. The average molecular weight is 292 g/mol. The molecule has 3 nitrogen and oxygen atoms in total. The van der Waals surface area contributed by atoms with E-state index in [1.54, 1.807) is 12.1 Å². The van der Waals surface area contributed by atoms with Crippen LogP contribution in [0, 0.1) is 5.82 Å². The van der Waals surface area contributed by atoms with Crippen molar-refractivity contribution in [3.8, 4) is 5.75 Å². The summed E-state index contributed by atoms with van der Waals surface area (Å²) in [6.45, 7) is 5.32. The van der Waals surface area contributed by atoms with E-state index < -0.39 is 0 Å². The van der Waals surface area contributed by atoms with Gasteiger partial charge in [0.05, 0.1) is 7.11 Å². The zero-order valence-electron chi connectivity index (χ0n) is 12.9. The molecule has 21 heavy (non-hydrogen) atoms. The predicted molar refractivity (Wildman–Crippen MR) is 82.1 cm³/mol. The largest absolute Gasteiger partial charge is 0.494 e. The standard InChI is InChI=1S/C17H25FN2O/c1-21-17-7-6-14(12-16(17)18)13-19-8-10-20(11-9-19)15-4-2-3-5-15/h6-7,12,15H,2-5,8-11,13H2,1H3. The highest BCUT2D eigenvalue weighted by atomic mass is 19.1. The number of methoxy groups -OCH3 is 1. The van der Waals surface area contributed by atoms with Crippen LogP contribution in [0.25, 0.3) is 0 Å². The Hall–Kier alpha value is -1.13. The molecule has 0 spiro atoms. The summed E-state index contributed by atoms with van der Waals surface area (Å²) in [7, 11) is 1.50. The van der Waals surface area contributed by atoms with Gasteiger partial charge in [0.2, 0.25) is 0 Å². The van der Waals surface area contributed by atoms with Gasteiger partial charge in [-0.3, -0.25) is 9.80 Å². The van der Waals surface area contributed by atoms with Crippen molar-refractivity contribution in [1.29, 1.82) is 0 Å². The van der Waals surface area contributed by atoms with Crippen LogP contribution in [0.3, 0.4) is 0 Å². The van der Waals surface area contributed by atoms with Crippen molar-refractivity contribution in [2.24, 2.45) is 0 Å². The van der Waals surface area contributed by atoms with Crippen molar-refractivity contribution >= 4 is 0 Å². The highest BCUT2D eigenvalue weighted by Crippen LogP contribution is 2.25. The summed E-state index contributed by atoms with van der Waals surface area (Å²) in [5.74, 6) is 0.0596. The maximum absolute atomic E-state index is 13.7. The van der Waals surface area contributed by atoms with Gasteiger partial charge in [-0.25, -0.2) is 4.39 Å². The Balaban J connectivity index is 1.51. The lowest BCUT2D eigenvalue weighted by Crippen LogP contribution is -2.49. The van der Waals surface area contributed by atoms with Crippen LogP contribution in [0.1, 0.15) is 31.2 Å². The van der Waals surface area contributed by atoms with E-state index in [9.17, 15) is 4.39 Å². The van der Waals surface area contributed by atoms with Gasteiger partial charge in [-0.15, -0.1) is 0 Å². The van der Waals surface area contributed by atoms with Gasteiger partial charge in [0, 0.05) is 38.8 Å². The molecule has 1 aliphatic carbocycles. The van der Waals surface area contributed by atoms with E-state index in [1.807, 2.05) is 6.07 Å². The second-order valence-electron chi connectivity index (χ2n) is 6.22. The molecule has 0 unspecified atom stereocenters. The molecule has 116 valence electrons. The third-order valence-corrected chi connectivity index (χ3v) is 4.87. The molecule has 0 amide bonds. The van der Waals surface area contributed by atoms with Crippen LogP contribution in [-0.2, 0) is 6.54 Å². The highest BCUT2D eigenvalue weighted by Gasteiger charge is 2.26. The number of nitrogens with zero attached hydrogens (tertiary/aromatic N) is 2. The molecule has 1 saturated heterocycles. The van der Waals surface area contributed by atoms with E-state index in [4.69, 9.17) is 4.74 Å². The van der Waals surface area contributed by atoms with Crippen LogP contribution in [-0.4, -0.2) is 49.1 Å². The first kappa shape index (κ1) is 14.8. The van der Waals surface area contributed by atoms with Gasteiger partial charge < -0.3 is 4.74 Å². The Morgan fingerprint density at radius 1 is 1.14 bits per heavy atom. The summed E-state index contributed by atoms with van der Waals surface area (Å²) in [5, 5.41) is 0. The van der Waals surface area contributed by atoms with Gasteiger partial charge in [0.1, 0.15) is 0 Å². The molecule has 2 fully saturated rings. The molecule has 0 aromatic heterocycles. The highest BCUT2D eigenvalue weighted by molar-refractivity contribution is 5.29. The van der Waals surface area contributed by atoms with E-state index in [0.29, 0.717) is 5.75 Å². The second kappa shape index (κ2) is 6.75. The van der Waals surface area contributed by atoms with Crippen molar-refractivity contribution in [1.82, 2.24) is 9.80 Å². The van der Waals surface area contributed by atoms with E-state index in [0.717, 1.165) is 44.3 Å². The Morgan fingerprint density at radius 2 is 1.86 bits per heavy atom. The van der Waals surface area contributed by atoms with Crippen molar-refractivity contribution in [2.45, 2.75) is 38.3 Å². The number of ether oxygens (including phenoxy) is 1. The molecule has 0 bridgehead atoms. The molecule has 1 aromatic carbocycles. The van der Waals surface area contributed by atoms with E-state index in [-0.39, 0.29) is 5.82 Å². The zero-order chi connectivity index (χ0) is 14.7. The Labute approximate surface area is 126 Å². The third kappa shape index (κ3) is 3.55. The van der Waals surface area contributed by atoms with Gasteiger partial charge in [-0.1, -0.05) is 18.9 Å². The SMILES string of the molecule is COc1ccc(CN2CCN(C3CCCC3)CC2)cc1F. The molecule has 0 atom stereocenters. The number of halogens is 1. The van der Waals surface area contributed by atoms with Crippen LogP contribution in [0.15, 0.2) is 18.2 Å². The van der Waals surface area contributed by atoms with Gasteiger partial charge in [-0.05, 0) is 30.5 Å². The van der Waals surface area contributed by atoms with Crippen LogP contribution in [0.2, 0.25) is 0 Å². The minimum Gasteiger partial charge on any atom is -0.494 e. The minimum absolute atomic E-state index is 0.264. The summed E-state index contributed by atoms with van der Waals surface area (Å²) in [4.78, 5) is 5.07. The summed E-state index contributed by atoms with van der Waals surface area (Å²) < 4.78 is 18.7. The number of benzene rings is 1. The molecular weight excluding hydrogens is 267 g/mol. The summed E-state index contributed by atoms with van der Waals surface area (Å²) in [6, 6.07) is 6.11. The normalized spacial score (nSPS) is 21.8. The van der Waals surface area contributed by atoms with Crippen molar-refractivity contribution < 1.29 is 9.13 Å². The average Bonchev–Trinajstić information content (AvgIpc) is 3.02. The van der Waals surface area contributed by atoms with E-state index in [2.05, 4.69) is 9.80 Å². The lowest BCUT2D eigenvalue weighted by atomic mass is 10.1. The van der Waals surface area contributed by atoms with Gasteiger partial charge >= 0.3 is 0 Å². The fourth-order valence-corrected chi connectivity index (χ4v) is 3.62. The molecule has 1 saturated carbocycles. The number of hydrogen-bond donors (Lipinski definition) is 0. The van der Waals surface area contributed by atoms with Crippen molar-refractivity contribution in [2.75, 3.05) is 33.3 Å². The zero-order valence-corrected chi connectivity index (χ0v) is 12.9. The van der Waals surface area contributed by atoms with E-state index in [1.165, 1.54) is 32.8 Å². The quantitative estimate of drug-likeness (QED) is 0.848. The Bertz CT molecular complexity index is 466. The summed E-state index contributed by atoms with van der Waals surface area (Å²) in [5.41, 5.74) is 1.03. The summed E-state index contributed by atoms with van der Waals surface area (Å²) in [6.07, 6.45) is 5.55. The first-order chi connectivity index (χ1) is 10.3. The maximum atomic E-state index is 13.7. The van der Waals surface area contributed by atoms with Crippen LogP contribution < -0.4 is 4.74 Å². The number of rotatable bonds is 4. The fraction of sp³-hybridized carbons (Fsp3) is 0.647. The van der Waals surface area contributed by atoms with Crippen LogP contribution >= 0.6 is 0 Å². The Kier molecular flexibility index (Phi) is 4.76. The molecular formula is C17H25FN2O. The van der Waals surface area contributed by atoms with Crippen molar-refractivity contribution in [3.63, 3.8) is 0 Å². The smallest absolute Gasteiger partial charge is 0.165 e. The molecule has 4 heteroatoms. The first-order valence-electron chi connectivity index (χ1n) is 8.05. The molecule has 0 radical (unpaired) electrons. The monoisotopic (exact) mass is 292 g/mol. The molecule has 2 aliphatic rings. The van der Waals surface area contributed by atoms with Gasteiger partial charge in [0.25, 0.3) is 0 Å². The fourth-order valence-electron chi connectivity index (χ4n) is 3.62. The first-order valence-corrected chi connectivity index (χ1v) is 8.05. The maximum Gasteiger partial charge on any atom is 0.165 e. The Morgan fingerprint density at radius 3 is 2.48 bits per heavy atom. The molecule has 1 aromatic rings. The number of hydrogen-bond acceptors (Lipinski definition) is 3. The lowest BCUT2D eigenvalue weighted by molar-refractivity contribution is 0.0936. The van der Waals surface area contributed by atoms with Gasteiger partial charge in [-0.2, -0.15) is 0 Å². The third-order valence-electron chi connectivity index (χ3n) is 4.87. The van der Waals surface area contributed by atoms with Gasteiger partial charge in [0.15, 0.2) is 11.6 Å².